The zero-order valence-electron chi connectivity index (χ0n) is 17.4. The van der Waals surface area contributed by atoms with Crippen LogP contribution in [0.15, 0.2) is 83.8 Å². The molecule has 0 saturated heterocycles. The molecule has 0 bridgehead atoms. The van der Waals surface area contributed by atoms with Crippen molar-refractivity contribution < 1.29 is 18.0 Å². The van der Waals surface area contributed by atoms with E-state index in [1.807, 2.05) is 0 Å². The minimum Gasteiger partial charge on any atom is -0.322 e. The Hall–Kier alpha value is -3.26. The molecule has 3 aromatic carbocycles. The fourth-order valence-electron chi connectivity index (χ4n) is 2.83. The van der Waals surface area contributed by atoms with Gasteiger partial charge in [0.2, 0.25) is 10.0 Å². The molecule has 0 unspecified atom stereocenters. The van der Waals surface area contributed by atoms with Crippen molar-refractivity contribution in [2.24, 2.45) is 0 Å². The molecule has 0 spiro atoms. The average molecular weight is 469 g/mol. The number of carbonyl (C=O) groups is 2. The summed E-state index contributed by atoms with van der Waals surface area (Å²) in [5.41, 5.74) is 2.00. The largest absolute Gasteiger partial charge is 0.322 e. The summed E-state index contributed by atoms with van der Waals surface area (Å²) in [7, 11) is -0.658. The number of hydrogen-bond donors (Lipinski definition) is 1. The van der Waals surface area contributed by atoms with Crippen LogP contribution in [0.1, 0.15) is 26.3 Å². The first-order valence-corrected chi connectivity index (χ1v) is 11.4. The molecule has 6 nitrogen and oxygen atoms in total. The van der Waals surface area contributed by atoms with E-state index in [1.165, 1.54) is 44.4 Å². The van der Waals surface area contributed by atoms with Gasteiger partial charge in [-0.15, -0.1) is 0 Å². The van der Waals surface area contributed by atoms with E-state index in [2.05, 4.69) is 5.32 Å². The summed E-state index contributed by atoms with van der Waals surface area (Å²) in [6.07, 6.45) is 3.02. The Labute approximate surface area is 192 Å². The van der Waals surface area contributed by atoms with E-state index < -0.39 is 10.0 Å². The van der Waals surface area contributed by atoms with Crippen molar-refractivity contribution in [1.82, 2.24) is 4.31 Å². The maximum Gasteiger partial charge on any atom is 0.257 e. The highest BCUT2D eigenvalue weighted by Gasteiger charge is 2.17. The third-order valence-electron chi connectivity index (χ3n) is 4.61. The summed E-state index contributed by atoms with van der Waals surface area (Å²) in [6.45, 7) is 0. The van der Waals surface area contributed by atoms with Gasteiger partial charge < -0.3 is 5.32 Å². The summed E-state index contributed by atoms with van der Waals surface area (Å²) in [5, 5.41) is 3.14. The molecule has 0 fully saturated rings. The number of benzene rings is 3. The first-order chi connectivity index (χ1) is 15.2. The molecule has 0 aliphatic rings. The second-order valence-corrected chi connectivity index (χ2v) is 9.63. The van der Waals surface area contributed by atoms with Crippen LogP contribution in [-0.2, 0) is 10.0 Å². The van der Waals surface area contributed by atoms with Crippen LogP contribution in [0.4, 0.5) is 5.69 Å². The van der Waals surface area contributed by atoms with E-state index in [-0.39, 0.29) is 16.6 Å². The lowest BCUT2D eigenvalue weighted by Crippen LogP contribution is -2.22. The van der Waals surface area contributed by atoms with Crippen molar-refractivity contribution in [2.75, 3.05) is 19.4 Å². The number of ketones is 1. The van der Waals surface area contributed by atoms with Gasteiger partial charge in [-0.1, -0.05) is 41.9 Å². The van der Waals surface area contributed by atoms with E-state index in [4.69, 9.17) is 11.6 Å². The van der Waals surface area contributed by atoms with Gasteiger partial charge >= 0.3 is 0 Å². The first-order valence-electron chi connectivity index (χ1n) is 9.59. The number of anilines is 1. The van der Waals surface area contributed by atoms with E-state index in [0.717, 1.165) is 4.31 Å². The third-order valence-corrected chi connectivity index (χ3v) is 6.77. The van der Waals surface area contributed by atoms with Gasteiger partial charge in [-0.2, -0.15) is 0 Å². The lowest BCUT2D eigenvalue weighted by molar-refractivity contribution is 0.102. The Bertz CT molecular complexity index is 1280. The minimum absolute atomic E-state index is 0.116. The molecule has 32 heavy (non-hydrogen) atoms. The van der Waals surface area contributed by atoms with Gasteiger partial charge in [0.1, 0.15) is 0 Å². The Morgan fingerprint density at radius 2 is 1.62 bits per heavy atom. The Kier molecular flexibility index (Phi) is 7.25. The SMILES string of the molecule is CN(C)S(=O)(=O)c1ccc(C(=O)/C=C/c2cccc(NC(=O)c3ccccc3Cl)c2)cc1. The Morgan fingerprint density at radius 1 is 0.938 bits per heavy atom. The number of hydrogen-bond acceptors (Lipinski definition) is 4. The zero-order chi connectivity index (χ0) is 23.3. The highest BCUT2D eigenvalue weighted by Crippen LogP contribution is 2.19. The van der Waals surface area contributed by atoms with Gasteiger partial charge in [0.15, 0.2) is 5.78 Å². The number of amides is 1. The van der Waals surface area contributed by atoms with Crippen molar-refractivity contribution in [3.8, 4) is 0 Å². The standard InChI is InChI=1S/C24H21ClN2O4S/c1-27(2)32(30,31)20-13-11-18(12-14-20)23(28)15-10-17-6-5-7-19(16-17)26-24(29)21-8-3-4-9-22(21)25/h3-16H,1-2H3,(H,26,29)/b15-10+. The fraction of sp³-hybridized carbons (Fsp3) is 0.0833. The molecule has 1 N–H and O–H groups in total. The Morgan fingerprint density at radius 3 is 2.28 bits per heavy atom. The molecule has 0 aliphatic heterocycles. The predicted molar refractivity (Wildman–Crippen MR) is 127 cm³/mol. The molecule has 8 heteroatoms. The average Bonchev–Trinajstić information content (AvgIpc) is 2.78. The van der Waals surface area contributed by atoms with Crippen LogP contribution >= 0.6 is 11.6 Å². The van der Waals surface area contributed by atoms with Crippen LogP contribution in [-0.4, -0.2) is 38.5 Å². The van der Waals surface area contributed by atoms with E-state index in [9.17, 15) is 18.0 Å². The van der Waals surface area contributed by atoms with Crippen LogP contribution in [0.25, 0.3) is 6.08 Å². The third kappa shape index (κ3) is 5.50. The highest BCUT2D eigenvalue weighted by atomic mass is 35.5. The minimum atomic E-state index is -3.55. The maximum absolute atomic E-state index is 12.5. The normalized spacial score (nSPS) is 11.6. The molecule has 3 rings (SSSR count). The molecular formula is C24H21ClN2O4S. The summed E-state index contributed by atoms with van der Waals surface area (Å²) >= 11 is 6.06. The topological polar surface area (TPSA) is 83.6 Å². The lowest BCUT2D eigenvalue weighted by atomic mass is 10.1. The molecule has 0 atom stereocenters. The van der Waals surface area contributed by atoms with Gasteiger partial charge in [0, 0.05) is 25.3 Å². The van der Waals surface area contributed by atoms with E-state index >= 15 is 0 Å². The fourth-order valence-corrected chi connectivity index (χ4v) is 3.96. The number of halogens is 1. The monoisotopic (exact) mass is 468 g/mol. The van der Waals surface area contributed by atoms with Crippen LogP contribution in [0.5, 0.6) is 0 Å². The molecule has 164 valence electrons. The van der Waals surface area contributed by atoms with Crippen LogP contribution in [0.3, 0.4) is 0 Å². The van der Waals surface area contributed by atoms with Gasteiger partial charge in [0.25, 0.3) is 5.91 Å². The second-order valence-electron chi connectivity index (χ2n) is 7.07. The molecule has 0 heterocycles. The van der Waals surface area contributed by atoms with Gasteiger partial charge in [-0.25, -0.2) is 12.7 Å². The number of nitrogens with zero attached hydrogens (tertiary/aromatic N) is 1. The molecule has 0 saturated carbocycles. The van der Waals surface area contributed by atoms with Gasteiger partial charge in [0.05, 0.1) is 15.5 Å². The number of rotatable bonds is 7. The second kappa shape index (κ2) is 9.91. The summed E-state index contributed by atoms with van der Waals surface area (Å²) in [5.74, 6) is -0.607. The highest BCUT2D eigenvalue weighted by molar-refractivity contribution is 7.89. The number of sulfonamides is 1. The van der Waals surface area contributed by atoms with Crippen molar-refractivity contribution in [2.45, 2.75) is 4.90 Å². The van der Waals surface area contributed by atoms with Gasteiger partial charge in [-0.05, 0) is 60.2 Å². The lowest BCUT2D eigenvalue weighted by Gasteiger charge is -2.11. The zero-order valence-corrected chi connectivity index (χ0v) is 19.0. The molecule has 0 aliphatic carbocycles. The van der Waals surface area contributed by atoms with Crippen molar-refractivity contribution >= 4 is 45.1 Å². The number of allylic oxidation sites excluding steroid dienone is 1. The Balaban J connectivity index is 1.71. The molecule has 0 aromatic heterocycles. The molecule has 1 amide bonds. The van der Waals surface area contributed by atoms with Crippen molar-refractivity contribution in [3.63, 3.8) is 0 Å². The van der Waals surface area contributed by atoms with Crippen molar-refractivity contribution in [1.29, 1.82) is 0 Å². The van der Waals surface area contributed by atoms with Crippen LogP contribution < -0.4 is 5.32 Å². The summed E-state index contributed by atoms with van der Waals surface area (Å²) < 4.78 is 25.4. The smallest absolute Gasteiger partial charge is 0.257 e. The predicted octanol–water partition coefficient (Wildman–Crippen LogP) is 4.74. The summed E-state index contributed by atoms with van der Waals surface area (Å²) in [6, 6.07) is 19.5. The van der Waals surface area contributed by atoms with Crippen LogP contribution in [0.2, 0.25) is 5.02 Å². The van der Waals surface area contributed by atoms with E-state index in [1.54, 1.807) is 54.6 Å². The quantitative estimate of drug-likeness (QED) is 0.401. The molecule has 3 aromatic rings. The van der Waals surface area contributed by atoms with Crippen molar-refractivity contribution in [3.05, 3.63) is 101 Å². The summed E-state index contributed by atoms with van der Waals surface area (Å²) in [4.78, 5) is 25.0. The molecule has 0 radical (unpaired) electrons. The maximum atomic E-state index is 12.5. The first kappa shape index (κ1) is 23.4. The number of nitrogens with one attached hydrogen (secondary N) is 1. The molecular weight excluding hydrogens is 448 g/mol. The van der Waals surface area contributed by atoms with Crippen LogP contribution in [0, 0.1) is 0 Å². The van der Waals surface area contributed by atoms with Gasteiger partial charge in [-0.3, -0.25) is 9.59 Å². The van der Waals surface area contributed by atoms with E-state index in [0.29, 0.717) is 27.4 Å². The number of carbonyl (C=O) groups excluding carboxylic acids is 2.